The van der Waals surface area contributed by atoms with E-state index in [1.54, 1.807) is 0 Å². The van der Waals surface area contributed by atoms with Crippen molar-refractivity contribution in [1.29, 1.82) is 5.41 Å². The first-order valence-electron chi connectivity index (χ1n) is 7.24. The Labute approximate surface area is 142 Å². The molecule has 0 saturated heterocycles. The van der Waals surface area contributed by atoms with E-state index in [1.807, 2.05) is 24.3 Å². The minimum atomic E-state index is -3.67. The molecule has 24 heavy (non-hydrogen) atoms. The van der Waals surface area contributed by atoms with Crippen molar-refractivity contribution >= 4 is 28.1 Å². The molecule has 0 heterocycles. The summed E-state index contributed by atoms with van der Waals surface area (Å²) < 4.78 is 25.9. The van der Waals surface area contributed by atoms with E-state index in [9.17, 15) is 13.2 Å². The second kappa shape index (κ2) is 7.59. The van der Waals surface area contributed by atoms with Crippen molar-refractivity contribution in [2.45, 2.75) is 26.7 Å². The number of benzene rings is 1. The molecule has 0 radical (unpaired) electrons. The van der Waals surface area contributed by atoms with Gasteiger partial charge in [0.2, 0.25) is 0 Å². The molecule has 1 amide bonds. The van der Waals surface area contributed by atoms with Gasteiger partial charge in [-0.2, -0.15) is 8.42 Å². The van der Waals surface area contributed by atoms with Gasteiger partial charge in [-0.3, -0.25) is 20.1 Å². The average molecular weight is 353 g/mol. The van der Waals surface area contributed by atoms with E-state index in [0.717, 1.165) is 12.0 Å². The lowest BCUT2D eigenvalue weighted by atomic mass is 9.81. The largest absolute Gasteiger partial charge is 0.370 e. The topological polar surface area (TPSA) is 133 Å². The average Bonchev–Trinajstić information content (AvgIpc) is 2.50. The number of nitrogens with one attached hydrogen (secondary N) is 2. The van der Waals surface area contributed by atoms with Gasteiger partial charge in [0.1, 0.15) is 0 Å². The Balaban J connectivity index is 0.000000505. The Hall–Kier alpha value is -2.19. The number of hydrogen-bond acceptors (Lipinski definition) is 4. The van der Waals surface area contributed by atoms with Gasteiger partial charge in [0.05, 0.1) is 6.26 Å². The van der Waals surface area contributed by atoms with Gasteiger partial charge >= 0.3 is 0 Å². The van der Waals surface area contributed by atoms with Gasteiger partial charge in [-0.25, -0.2) is 0 Å². The van der Waals surface area contributed by atoms with Crippen LogP contribution in [0.15, 0.2) is 29.8 Å². The maximum Gasteiger partial charge on any atom is 0.261 e. The third-order valence-corrected chi connectivity index (χ3v) is 3.26. The lowest BCUT2D eigenvalue weighted by Gasteiger charge is -2.24. The first-order valence-corrected chi connectivity index (χ1v) is 9.08. The standard InChI is InChI=1S/C15H19N3O.CH4O3S/c1-15(2)8-11-6-4-3-5-10(11)7-12(9-15)13(19)18-14(16)17;1-5(2,3)4/h3-7H,8-9H2,1-2H3,(H4,16,17,18,19);1H3,(H,2,3,4). The van der Waals surface area contributed by atoms with Crippen molar-refractivity contribution < 1.29 is 17.8 Å². The van der Waals surface area contributed by atoms with E-state index in [4.69, 9.17) is 15.7 Å². The molecule has 8 heteroatoms. The SMILES string of the molecule is CC1(C)CC(C(=O)NC(=N)N)=Cc2ccccc2C1.CS(=O)(=O)O. The fourth-order valence-electron chi connectivity index (χ4n) is 2.52. The van der Waals surface area contributed by atoms with Gasteiger partial charge in [0.15, 0.2) is 5.96 Å². The van der Waals surface area contributed by atoms with Crippen molar-refractivity contribution in [3.05, 3.63) is 41.0 Å². The highest BCUT2D eigenvalue weighted by atomic mass is 32.2. The molecule has 0 saturated carbocycles. The Bertz CT molecular complexity index is 759. The van der Waals surface area contributed by atoms with Crippen LogP contribution in [0.2, 0.25) is 0 Å². The summed E-state index contributed by atoms with van der Waals surface area (Å²) in [5.74, 6) is -0.599. The molecule has 0 bridgehead atoms. The molecule has 0 spiro atoms. The Morgan fingerprint density at radius 1 is 1.29 bits per heavy atom. The number of nitrogens with two attached hydrogens (primary N) is 1. The second-order valence-corrected chi connectivity index (χ2v) is 7.95. The number of amides is 1. The minimum absolute atomic E-state index is 0.00651. The zero-order valence-electron chi connectivity index (χ0n) is 14.0. The van der Waals surface area contributed by atoms with Crippen LogP contribution in [0.4, 0.5) is 0 Å². The molecule has 0 atom stereocenters. The first kappa shape index (κ1) is 19.9. The minimum Gasteiger partial charge on any atom is -0.370 e. The summed E-state index contributed by atoms with van der Waals surface area (Å²) in [4.78, 5) is 12.1. The summed E-state index contributed by atoms with van der Waals surface area (Å²) in [7, 11) is -3.67. The van der Waals surface area contributed by atoms with Gasteiger partial charge in [-0.05, 0) is 35.5 Å². The monoisotopic (exact) mass is 353 g/mol. The smallest absolute Gasteiger partial charge is 0.261 e. The van der Waals surface area contributed by atoms with Crippen LogP contribution in [0.1, 0.15) is 31.4 Å². The molecule has 1 aliphatic rings. The molecular weight excluding hydrogens is 330 g/mol. The van der Waals surface area contributed by atoms with Crippen LogP contribution in [-0.2, 0) is 21.3 Å². The maximum atomic E-state index is 12.1. The summed E-state index contributed by atoms with van der Waals surface area (Å²) in [6.45, 7) is 4.29. The van der Waals surface area contributed by atoms with E-state index in [1.165, 1.54) is 5.56 Å². The molecule has 5 N–H and O–H groups in total. The van der Waals surface area contributed by atoms with E-state index in [2.05, 4.69) is 25.2 Å². The highest BCUT2D eigenvalue weighted by Gasteiger charge is 2.27. The van der Waals surface area contributed by atoms with E-state index >= 15 is 0 Å². The normalized spacial score (nSPS) is 15.8. The van der Waals surface area contributed by atoms with E-state index in [0.29, 0.717) is 18.2 Å². The fraction of sp³-hybridized carbons (Fsp3) is 0.375. The molecule has 0 aliphatic heterocycles. The molecule has 7 nitrogen and oxygen atoms in total. The first-order chi connectivity index (χ1) is 10.9. The maximum absolute atomic E-state index is 12.1. The molecule has 0 fully saturated rings. The second-order valence-electron chi connectivity index (χ2n) is 6.49. The van der Waals surface area contributed by atoms with E-state index < -0.39 is 10.1 Å². The molecule has 0 unspecified atom stereocenters. The van der Waals surface area contributed by atoms with Crippen molar-refractivity contribution in [2.24, 2.45) is 11.1 Å². The van der Waals surface area contributed by atoms with Gasteiger partial charge in [0.25, 0.3) is 16.0 Å². The van der Waals surface area contributed by atoms with Crippen molar-refractivity contribution in [1.82, 2.24) is 5.32 Å². The number of carbonyl (C=O) groups excluding carboxylic acids is 1. The van der Waals surface area contributed by atoms with Crippen LogP contribution >= 0.6 is 0 Å². The summed E-state index contributed by atoms with van der Waals surface area (Å²) in [5, 5.41) is 9.52. The summed E-state index contributed by atoms with van der Waals surface area (Å²) >= 11 is 0. The van der Waals surface area contributed by atoms with Crippen LogP contribution in [0.3, 0.4) is 0 Å². The Morgan fingerprint density at radius 2 is 1.83 bits per heavy atom. The molecule has 1 aliphatic carbocycles. The van der Waals surface area contributed by atoms with Crippen LogP contribution < -0.4 is 11.1 Å². The van der Waals surface area contributed by atoms with Gasteiger partial charge in [-0.1, -0.05) is 38.1 Å². The third kappa shape index (κ3) is 7.38. The highest BCUT2D eigenvalue weighted by Crippen LogP contribution is 2.35. The predicted octanol–water partition coefficient (Wildman–Crippen LogP) is 1.56. The number of fused-ring (bicyclic) bond motifs is 1. The van der Waals surface area contributed by atoms with Crippen LogP contribution in [0.25, 0.3) is 6.08 Å². The quantitative estimate of drug-likeness (QED) is 0.345. The number of carbonyl (C=O) groups is 1. The van der Waals surface area contributed by atoms with E-state index in [-0.39, 0.29) is 17.3 Å². The summed E-state index contributed by atoms with van der Waals surface area (Å²) in [5.41, 5.74) is 8.22. The summed E-state index contributed by atoms with van der Waals surface area (Å²) in [6, 6.07) is 8.09. The summed E-state index contributed by atoms with van der Waals surface area (Å²) in [6.07, 6.45) is 4.21. The van der Waals surface area contributed by atoms with Crippen molar-refractivity contribution in [2.75, 3.05) is 6.26 Å². The van der Waals surface area contributed by atoms with Crippen LogP contribution in [0.5, 0.6) is 0 Å². The number of hydrogen-bond donors (Lipinski definition) is 4. The lowest BCUT2D eigenvalue weighted by molar-refractivity contribution is -0.116. The molecule has 132 valence electrons. The van der Waals surface area contributed by atoms with Gasteiger partial charge in [-0.15, -0.1) is 0 Å². The van der Waals surface area contributed by atoms with Crippen molar-refractivity contribution in [3.63, 3.8) is 0 Å². The predicted molar refractivity (Wildman–Crippen MR) is 94.1 cm³/mol. The molecule has 0 aromatic heterocycles. The lowest BCUT2D eigenvalue weighted by Crippen LogP contribution is -2.37. The zero-order chi connectivity index (χ0) is 18.5. The fourth-order valence-corrected chi connectivity index (χ4v) is 2.52. The Morgan fingerprint density at radius 3 is 2.38 bits per heavy atom. The number of guanidine groups is 1. The third-order valence-electron chi connectivity index (χ3n) is 3.26. The van der Waals surface area contributed by atoms with Crippen molar-refractivity contribution in [3.8, 4) is 0 Å². The van der Waals surface area contributed by atoms with Gasteiger partial charge in [0, 0.05) is 5.57 Å². The molecule has 1 aromatic carbocycles. The molecular formula is C16H23N3O4S. The number of rotatable bonds is 1. The Kier molecular flexibility index (Phi) is 6.28. The molecule has 2 rings (SSSR count). The van der Waals surface area contributed by atoms with Gasteiger partial charge < -0.3 is 5.73 Å². The van der Waals surface area contributed by atoms with Crippen LogP contribution in [0, 0.1) is 10.8 Å². The molecule has 1 aromatic rings. The van der Waals surface area contributed by atoms with Crippen LogP contribution in [-0.4, -0.2) is 31.1 Å². The zero-order valence-corrected chi connectivity index (χ0v) is 14.8. The highest BCUT2D eigenvalue weighted by molar-refractivity contribution is 7.85.